The van der Waals surface area contributed by atoms with Crippen LogP contribution in [-0.4, -0.2) is 21.5 Å². The molecule has 1 aliphatic rings. The fourth-order valence-corrected chi connectivity index (χ4v) is 4.80. The largest absolute Gasteiger partial charge is 0.310 e. The molecule has 2 aromatic heterocycles. The van der Waals surface area contributed by atoms with E-state index in [0.717, 1.165) is 31.2 Å². The molecular weight excluding hydrogens is 426 g/mol. The third-order valence-electron chi connectivity index (χ3n) is 4.80. The number of benzene rings is 1. The summed E-state index contributed by atoms with van der Waals surface area (Å²) in [6.45, 7) is 5.83. The van der Waals surface area contributed by atoms with Gasteiger partial charge in [-0.05, 0) is 51.1 Å². The molecule has 0 spiro atoms. The highest BCUT2D eigenvalue weighted by molar-refractivity contribution is 9.10. The summed E-state index contributed by atoms with van der Waals surface area (Å²) in [7, 11) is 0. The minimum Gasteiger partial charge on any atom is -0.310 e. The van der Waals surface area contributed by atoms with Crippen molar-refractivity contribution < 1.29 is 9.59 Å². The Kier molecular flexibility index (Phi) is 4.52. The Balaban J connectivity index is 1.83. The van der Waals surface area contributed by atoms with Gasteiger partial charge in [0, 0.05) is 31.8 Å². The van der Waals surface area contributed by atoms with Gasteiger partial charge in [-0.3, -0.25) is 9.59 Å². The van der Waals surface area contributed by atoms with E-state index in [0.29, 0.717) is 11.4 Å². The molecule has 0 unspecified atom stereocenters. The zero-order valence-corrected chi connectivity index (χ0v) is 17.6. The van der Waals surface area contributed by atoms with Crippen molar-refractivity contribution in [3.8, 4) is 5.69 Å². The fourth-order valence-electron chi connectivity index (χ4n) is 3.60. The summed E-state index contributed by atoms with van der Waals surface area (Å²) >= 11 is 5.03. The Labute approximate surface area is 169 Å². The van der Waals surface area contributed by atoms with Crippen molar-refractivity contribution in [1.29, 1.82) is 0 Å². The number of Topliss-reactive ketones (excluding diaryl/α,β-unsaturated/α-hetero) is 1. The van der Waals surface area contributed by atoms with Gasteiger partial charge in [-0.25, -0.2) is 4.68 Å². The third kappa shape index (κ3) is 3.15. The first-order valence-corrected chi connectivity index (χ1v) is 10.2. The van der Waals surface area contributed by atoms with Crippen LogP contribution in [0, 0.1) is 20.8 Å². The Bertz CT molecular complexity index is 1070. The lowest BCUT2D eigenvalue weighted by molar-refractivity contribution is -0.116. The number of rotatable bonds is 3. The average Bonchev–Trinajstić information content (AvgIpc) is 3.13. The summed E-state index contributed by atoms with van der Waals surface area (Å²) in [5.41, 5.74) is 3.11. The molecule has 1 N–H and O–H groups in total. The molecule has 1 atom stereocenters. The summed E-state index contributed by atoms with van der Waals surface area (Å²) in [5, 5.41) is 7.54. The van der Waals surface area contributed by atoms with E-state index in [9.17, 15) is 9.59 Å². The van der Waals surface area contributed by atoms with E-state index >= 15 is 0 Å². The Morgan fingerprint density at radius 3 is 2.59 bits per heavy atom. The molecule has 0 aliphatic carbocycles. The number of hydrogen-bond acceptors (Lipinski definition) is 4. The van der Waals surface area contributed by atoms with Crippen molar-refractivity contribution in [2.24, 2.45) is 0 Å². The summed E-state index contributed by atoms with van der Waals surface area (Å²) in [5.74, 6) is -0.0882. The minimum atomic E-state index is -0.509. The normalized spacial score (nSPS) is 16.1. The Morgan fingerprint density at radius 1 is 1.26 bits per heavy atom. The van der Waals surface area contributed by atoms with Gasteiger partial charge in [-0.15, -0.1) is 11.3 Å². The quantitative estimate of drug-likeness (QED) is 0.583. The zero-order valence-electron chi connectivity index (χ0n) is 15.2. The van der Waals surface area contributed by atoms with Gasteiger partial charge in [0.1, 0.15) is 5.82 Å². The Morgan fingerprint density at radius 2 is 1.96 bits per heavy atom. The summed E-state index contributed by atoms with van der Waals surface area (Å²) in [4.78, 5) is 27.8. The van der Waals surface area contributed by atoms with Gasteiger partial charge in [0.2, 0.25) is 5.91 Å². The summed E-state index contributed by atoms with van der Waals surface area (Å²) in [6.07, 6.45) is 0.146. The first-order valence-electron chi connectivity index (χ1n) is 8.61. The van der Waals surface area contributed by atoms with E-state index in [4.69, 9.17) is 0 Å². The van der Waals surface area contributed by atoms with E-state index in [1.807, 2.05) is 51.1 Å². The molecular formula is C20H18BrN3O2S. The van der Waals surface area contributed by atoms with Crippen molar-refractivity contribution in [2.75, 3.05) is 5.32 Å². The first kappa shape index (κ1) is 18.1. The second-order valence-electron chi connectivity index (χ2n) is 6.73. The number of aryl methyl sites for hydroxylation is 3. The molecule has 1 aromatic carbocycles. The molecule has 7 heteroatoms. The van der Waals surface area contributed by atoms with Gasteiger partial charge in [0.15, 0.2) is 5.78 Å². The van der Waals surface area contributed by atoms with Crippen LogP contribution in [0.1, 0.15) is 43.7 Å². The molecule has 0 saturated carbocycles. The highest BCUT2D eigenvalue weighted by Gasteiger charge is 2.37. The minimum absolute atomic E-state index is 0.00796. The van der Waals surface area contributed by atoms with Crippen LogP contribution in [0.25, 0.3) is 5.69 Å². The van der Waals surface area contributed by atoms with E-state index in [-0.39, 0.29) is 18.1 Å². The van der Waals surface area contributed by atoms with Gasteiger partial charge < -0.3 is 5.32 Å². The second kappa shape index (κ2) is 6.73. The summed E-state index contributed by atoms with van der Waals surface area (Å²) < 4.78 is 2.67. The van der Waals surface area contributed by atoms with E-state index in [2.05, 4.69) is 26.3 Å². The topological polar surface area (TPSA) is 64.0 Å². The van der Waals surface area contributed by atoms with E-state index in [1.165, 1.54) is 0 Å². The van der Waals surface area contributed by atoms with Crippen molar-refractivity contribution in [3.63, 3.8) is 0 Å². The van der Waals surface area contributed by atoms with Gasteiger partial charge in [-0.1, -0.05) is 15.9 Å². The van der Waals surface area contributed by atoms with E-state index < -0.39 is 5.92 Å². The Hall–Kier alpha value is -2.25. The molecule has 0 bridgehead atoms. The lowest BCUT2D eigenvalue weighted by Gasteiger charge is -2.23. The number of anilines is 1. The van der Waals surface area contributed by atoms with Crippen LogP contribution in [0.5, 0.6) is 0 Å². The second-order valence-corrected chi connectivity index (χ2v) is 9.11. The number of aromatic nitrogens is 2. The lowest BCUT2D eigenvalue weighted by Crippen LogP contribution is -2.28. The molecule has 0 fully saturated rings. The highest BCUT2D eigenvalue weighted by Crippen LogP contribution is 2.39. The number of nitrogens with one attached hydrogen (secondary N) is 1. The number of nitrogens with zero attached hydrogens (tertiary/aromatic N) is 2. The van der Waals surface area contributed by atoms with Crippen LogP contribution in [0.2, 0.25) is 0 Å². The number of ketones is 1. The maximum absolute atomic E-state index is 13.3. The van der Waals surface area contributed by atoms with Gasteiger partial charge in [0.25, 0.3) is 0 Å². The van der Waals surface area contributed by atoms with Crippen LogP contribution in [0.4, 0.5) is 5.82 Å². The molecule has 1 amide bonds. The molecule has 0 radical (unpaired) electrons. The number of amides is 1. The predicted molar refractivity (Wildman–Crippen MR) is 110 cm³/mol. The van der Waals surface area contributed by atoms with Gasteiger partial charge in [-0.2, -0.15) is 5.10 Å². The number of hydrogen-bond donors (Lipinski definition) is 1. The molecule has 27 heavy (non-hydrogen) atoms. The number of carbonyl (C=O) groups excluding carboxylic acids is 2. The number of carbonyl (C=O) groups is 2. The monoisotopic (exact) mass is 443 g/mol. The van der Waals surface area contributed by atoms with E-state index in [1.54, 1.807) is 16.0 Å². The van der Waals surface area contributed by atoms with Crippen molar-refractivity contribution in [3.05, 3.63) is 61.4 Å². The molecule has 3 aromatic rings. The van der Waals surface area contributed by atoms with Gasteiger partial charge in [0.05, 0.1) is 17.3 Å². The van der Waals surface area contributed by atoms with Crippen molar-refractivity contribution in [2.45, 2.75) is 33.1 Å². The SMILES string of the molecule is Cc1cc(C(=O)[C@H]2CC(=O)Nc3c2c(C)nn3-c2ccc(Br)cc2)c(C)s1. The molecule has 4 rings (SSSR count). The number of thiophene rings is 1. The van der Waals surface area contributed by atoms with Gasteiger partial charge >= 0.3 is 0 Å². The predicted octanol–water partition coefficient (Wildman–Crippen LogP) is 4.93. The fraction of sp³-hybridized carbons (Fsp3) is 0.250. The van der Waals surface area contributed by atoms with Crippen LogP contribution in [-0.2, 0) is 4.79 Å². The van der Waals surface area contributed by atoms with Crippen LogP contribution in [0.15, 0.2) is 34.8 Å². The van der Waals surface area contributed by atoms with Crippen molar-refractivity contribution in [1.82, 2.24) is 9.78 Å². The first-order chi connectivity index (χ1) is 12.8. The van der Waals surface area contributed by atoms with Crippen LogP contribution >= 0.6 is 27.3 Å². The molecule has 5 nitrogen and oxygen atoms in total. The standard InChI is InChI=1S/C20H18BrN3O2S/c1-10-8-15(12(3)27-10)19(26)16-9-17(25)22-20-18(16)11(2)23-24(20)14-6-4-13(21)5-7-14/h4-8,16H,9H2,1-3H3,(H,22,25)/t16-/m0/s1. The van der Waals surface area contributed by atoms with Crippen LogP contribution in [0.3, 0.4) is 0 Å². The molecule has 3 heterocycles. The zero-order chi connectivity index (χ0) is 19.3. The summed E-state index contributed by atoms with van der Waals surface area (Å²) in [6, 6.07) is 9.59. The molecule has 138 valence electrons. The lowest BCUT2D eigenvalue weighted by atomic mass is 9.85. The van der Waals surface area contributed by atoms with Crippen LogP contribution < -0.4 is 5.32 Å². The highest BCUT2D eigenvalue weighted by atomic mass is 79.9. The average molecular weight is 444 g/mol. The van der Waals surface area contributed by atoms with Crippen molar-refractivity contribution >= 4 is 44.8 Å². The maximum atomic E-state index is 13.3. The molecule has 0 saturated heterocycles. The molecule has 1 aliphatic heterocycles. The number of fused-ring (bicyclic) bond motifs is 1. The smallest absolute Gasteiger partial charge is 0.226 e. The number of halogens is 1. The third-order valence-corrected chi connectivity index (χ3v) is 6.29. The maximum Gasteiger partial charge on any atom is 0.226 e.